The molecule has 7 heteroatoms. The highest BCUT2D eigenvalue weighted by Gasteiger charge is 2.09. The minimum absolute atomic E-state index is 0.232. The van der Waals surface area contributed by atoms with Gasteiger partial charge in [-0.25, -0.2) is 14.8 Å². The quantitative estimate of drug-likeness (QED) is 0.648. The molecule has 3 aromatic rings. The van der Waals surface area contributed by atoms with Crippen LogP contribution >= 0.6 is 0 Å². The van der Waals surface area contributed by atoms with Gasteiger partial charge in [0.15, 0.2) is 0 Å². The van der Waals surface area contributed by atoms with Crippen molar-refractivity contribution in [1.29, 1.82) is 0 Å². The van der Waals surface area contributed by atoms with Crippen LogP contribution in [0.5, 0.6) is 0 Å². The fraction of sp³-hybridized carbons (Fsp3) is 0.300. The molecule has 2 N–H and O–H groups in total. The van der Waals surface area contributed by atoms with E-state index >= 15 is 0 Å². The zero-order valence-corrected chi connectivity index (χ0v) is 15.7. The summed E-state index contributed by atoms with van der Waals surface area (Å²) in [6, 6.07) is 9.20. The summed E-state index contributed by atoms with van der Waals surface area (Å²) < 4.78 is 5.15. The normalized spacial score (nSPS) is 10.6. The van der Waals surface area contributed by atoms with Gasteiger partial charge in [-0.15, -0.1) is 0 Å². The second kappa shape index (κ2) is 8.44. The van der Waals surface area contributed by atoms with Crippen LogP contribution in [-0.2, 0) is 6.42 Å². The average molecular weight is 365 g/mol. The number of carbonyl (C=O) groups is 1. The number of hydrogen-bond acceptors (Lipinski definition) is 5. The molecule has 0 saturated heterocycles. The van der Waals surface area contributed by atoms with Crippen LogP contribution in [0.1, 0.15) is 29.3 Å². The summed E-state index contributed by atoms with van der Waals surface area (Å²) in [7, 11) is 0. The number of nitrogens with zero attached hydrogens (tertiary/aromatic N) is 3. The number of hydrogen-bond donors (Lipinski definition) is 2. The molecule has 0 saturated carbocycles. The number of amides is 2. The van der Waals surface area contributed by atoms with Gasteiger partial charge >= 0.3 is 6.03 Å². The van der Waals surface area contributed by atoms with Gasteiger partial charge in [-0.05, 0) is 51.8 Å². The first-order chi connectivity index (χ1) is 13.0. The maximum atomic E-state index is 12.1. The summed E-state index contributed by atoms with van der Waals surface area (Å²) in [6.45, 7) is 6.25. The Morgan fingerprint density at radius 2 is 2.04 bits per heavy atom. The van der Waals surface area contributed by atoms with Crippen LogP contribution in [0.3, 0.4) is 0 Å². The number of anilines is 1. The Kier molecular flexibility index (Phi) is 5.80. The summed E-state index contributed by atoms with van der Waals surface area (Å²) in [5, 5.41) is 9.67. The number of benzene rings is 1. The molecule has 0 fully saturated rings. The smallest absolute Gasteiger partial charge is 0.319 e. The lowest BCUT2D eigenvalue weighted by atomic mass is 10.1. The molecule has 140 valence electrons. The van der Waals surface area contributed by atoms with Crippen molar-refractivity contribution in [2.24, 2.45) is 0 Å². The first kappa shape index (κ1) is 18.6. The Balaban J connectivity index is 1.51. The van der Waals surface area contributed by atoms with Gasteiger partial charge in [0.05, 0.1) is 11.4 Å². The molecule has 3 rings (SSSR count). The van der Waals surface area contributed by atoms with E-state index in [1.54, 1.807) is 6.20 Å². The van der Waals surface area contributed by atoms with Crippen molar-refractivity contribution in [2.75, 3.05) is 11.9 Å². The molecule has 1 aromatic carbocycles. The third-order valence-corrected chi connectivity index (χ3v) is 4.26. The van der Waals surface area contributed by atoms with Crippen LogP contribution in [0.25, 0.3) is 11.3 Å². The van der Waals surface area contributed by atoms with E-state index < -0.39 is 0 Å². The molecule has 0 aliphatic carbocycles. The van der Waals surface area contributed by atoms with Crippen molar-refractivity contribution < 1.29 is 9.32 Å². The fourth-order valence-corrected chi connectivity index (χ4v) is 2.87. The lowest BCUT2D eigenvalue weighted by Crippen LogP contribution is -2.29. The Morgan fingerprint density at radius 3 is 2.78 bits per heavy atom. The van der Waals surface area contributed by atoms with Gasteiger partial charge in [-0.3, -0.25) is 0 Å². The molecule has 0 unspecified atom stereocenters. The van der Waals surface area contributed by atoms with Gasteiger partial charge in [0.1, 0.15) is 11.6 Å². The van der Waals surface area contributed by atoms with E-state index in [0.29, 0.717) is 18.1 Å². The lowest BCUT2D eigenvalue weighted by molar-refractivity contribution is 0.252. The first-order valence-electron chi connectivity index (χ1n) is 8.89. The lowest BCUT2D eigenvalue weighted by Gasteiger charge is -2.09. The van der Waals surface area contributed by atoms with Crippen molar-refractivity contribution in [2.45, 2.75) is 33.6 Å². The van der Waals surface area contributed by atoms with E-state index in [2.05, 4.69) is 25.8 Å². The van der Waals surface area contributed by atoms with Crippen molar-refractivity contribution in [3.8, 4) is 11.3 Å². The molecule has 2 amide bonds. The van der Waals surface area contributed by atoms with Crippen LogP contribution in [-0.4, -0.2) is 27.7 Å². The Morgan fingerprint density at radius 1 is 1.19 bits per heavy atom. The van der Waals surface area contributed by atoms with Crippen LogP contribution in [0.2, 0.25) is 0 Å². The third kappa shape index (κ3) is 4.91. The zero-order chi connectivity index (χ0) is 19.2. The van der Waals surface area contributed by atoms with Gasteiger partial charge in [0, 0.05) is 29.6 Å². The first-order valence-corrected chi connectivity index (χ1v) is 8.89. The van der Waals surface area contributed by atoms with E-state index in [1.165, 1.54) is 0 Å². The molecule has 0 atom stereocenters. The molecule has 27 heavy (non-hydrogen) atoms. The summed E-state index contributed by atoms with van der Waals surface area (Å²) >= 11 is 0. The van der Waals surface area contributed by atoms with E-state index in [-0.39, 0.29) is 6.03 Å². The third-order valence-electron chi connectivity index (χ3n) is 4.26. The number of nitrogens with one attached hydrogen (secondary N) is 2. The van der Waals surface area contributed by atoms with Crippen molar-refractivity contribution in [1.82, 2.24) is 20.4 Å². The van der Waals surface area contributed by atoms with E-state index in [1.807, 2.05) is 51.1 Å². The second-order valence-corrected chi connectivity index (χ2v) is 6.36. The zero-order valence-electron chi connectivity index (χ0n) is 15.7. The maximum absolute atomic E-state index is 12.1. The number of urea groups is 1. The van der Waals surface area contributed by atoms with Crippen LogP contribution < -0.4 is 10.6 Å². The molecule has 0 bridgehead atoms. The highest BCUT2D eigenvalue weighted by atomic mass is 16.5. The molecule has 0 spiro atoms. The molecular formula is C20H23N5O2. The minimum Gasteiger partial charge on any atom is -0.361 e. The van der Waals surface area contributed by atoms with Crippen LogP contribution in [0.15, 0.2) is 41.1 Å². The number of rotatable bonds is 6. The highest BCUT2D eigenvalue weighted by Crippen LogP contribution is 2.20. The van der Waals surface area contributed by atoms with Gasteiger partial charge in [-0.2, -0.15) is 0 Å². The molecule has 0 aliphatic heterocycles. The van der Waals surface area contributed by atoms with Gasteiger partial charge < -0.3 is 15.2 Å². The van der Waals surface area contributed by atoms with Gasteiger partial charge in [0.2, 0.25) is 0 Å². The second-order valence-electron chi connectivity index (χ2n) is 6.36. The standard InChI is InChI=1S/C20H23N5O2/c1-13-18(14(2)27-25-13)8-5-10-22-20(26)24-17-7-4-6-16(12-17)19-9-11-21-15(3)23-19/h4,6-7,9,11-12H,5,8,10H2,1-3H3,(H2,22,24,26). The molecule has 0 radical (unpaired) electrons. The number of carbonyl (C=O) groups excluding carboxylic acids is 1. The fourth-order valence-electron chi connectivity index (χ4n) is 2.87. The van der Waals surface area contributed by atoms with Crippen molar-refractivity contribution in [3.63, 3.8) is 0 Å². The van der Waals surface area contributed by atoms with Crippen molar-refractivity contribution >= 4 is 11.7 Å². The van der Waals surface area contributed by atoms with Gasteiger partial charge in [-0.1, -0.05) is 17.3 Å². The summed E-state index contributed by atoms with van der Waals surface area (Å²) in [5.74, 6) is 1.55. The van der Waals surface area contributed by atoms with E-state index in [4.69, 9.17) is 4.52 Å². The predicted octanol–water partition coefficient (Wildman–Crippen LogP) is 3.81. The number of aryl methyl sites for hydroxylation is 3. The monoisotopic (exact) mass is 365 g/mol. The van der Waals surface area contributed by atoms with Crippen molar-refractivity contribution in [3.05, 3.63) is 59.4 Å². The largest absolute Gasteiger partial charge is 0.361 e. The maximum Gasteiger partial charge on any atom is 0.319 e. The van der Waals surface area contributed by atoms with Crippen LogP contribution in [0.4, 0.5) is 10.5 Å². The average Bonchev–Trinajstić information content (AvgIpc) is 2.97. The Labute approximate surface area is 158 Å². The Hall–Kier alpha value is -3.22. The topological polar surface area (TPSA) is 92.9 Å². The Bertz CT molecular complexity index is 916. The molecular weight excluding hydrogens is 342 g/mol. The van der Waals surface area contributed by atoms with E-state index in [9.17, 15) is 4.79 Å². The number of aromatic nitrogens is 3. The molecule has 2 aromatic heterocycles. The van der Waals surface area contributed by atoms with E-state index in [0.717, 1.165) is 41.1 Å². The molecule has 2 heterocycles. The minimum atomic E-state index is -0.232. The highest BCUT2D eigenvalue weighted by molar-refractivity contribution is 5.90. The molecule has 0 aliphatic rings. The SMILES string of the molecule is Cc1nccc(-c2cccc(NC(=O)NCCCc3c(C)noc3C)c2)n1. The summed E-state index contributed by atoms with van der Waals surface area (Å²) in [4.78, 5) is 20.6. The van der Waals surface area contributed by atoms with Gasteiger partial charge in [0.25, 0.3) is 0 Å². The summed E-state index contributed by atoms with van der Waals surface area (Å²) in [5.41, 5.74) is 4.49. The summed E-state index contributed by atoms with van der Waals surface area (Å²) in [6.07, 6.45) is 3.37. The molecule has 7 nitrogen and oxygen atoms in total. The van der Waals surface area contributed by atoms with Crippen LogP contribution in [0, 0.1) is 20.8 Å². The predicted molar refractivity (Wildman–Crippen MR) is 104 cm³/mol.